The van der Waals surface area contributed by atoms with Gasteiger partial charge in [0.2, 0.25) is 0 Å². The van der Waals surface area contributed by atoms with E-state index in [0.29, 0.717) is 6.54 Å². The highest BCUT2D eigenvalue weighted by Crippen LogP contribution is 2.23. The summed E-state index contributed by atoms with van der Waals surface area (Å²) in [5.41, 5.74) is 8.48. The standard InChI is InChI=1S/C19H23N3O3/c1-24-18-8-2-15(3-9-18)14-22(19(20)23)17-6-4-16(5-7-17)21-10-12-25-13-11-21/h2-9H,10-14H2,1H3,(H2,20,23). The first-order valence-corrected chi connectivity index (χ1v) is 8.30. The molecule has 1 saturated heterocycles. The summed E-state index contributed by atoms with van der Waals surface area (Å²) < 4.78 is 10.5. The van der Waals surface area contributed by atoms with Crippen LogP contribution in [-0.2, 0) is 11.3 Å². The van der Waals surface area contributed by atoms with Crippen LogP contribution in [0.2, 0.25) is 0 Å². The van der Waals surface area contributed by atoms with Crippen molar-refractivity contribution in [2.75, 3.05) is 43.2 Å². The molecule has 0 bridgehead atoms. The lowest BCUT2D eigenvalue weighted by Crippen LogP contribution is -2.36. The molecule has 3 rings (SSSR count). The lowest BCUT2D eigenvalue weighted by molar-refractivity contribution is 0.122. The van der Waals surface area contributed by atoms with Gasteiger partial charge >= 0.3 is 6.03 Å². The first-order valence-electron chi connectivity index (χ1n) is 8.30. The Morgan fingerprint density at radius 1 is 1.12 bits per heavy atom. The van der Waals surface area contributed by atoms with Crippen molar-refractivity contribution in [3.8, 4) is 5.75 Å². The first kappa shape index (κ1) is 17.1. The van der Waals surface area contributed by atoms with Gasteiger partial charge in [0.15, 0.2) is 0 Å². The highest BCUT2D eigenvalue weighted by atomic mass is 16.5. The maximum Gasteiger partial charge on any atom is 0.319 e. The van der Waals surface area contributed by atoms with Crippen LogP contribution in [0.1, 0.15) is 5.56 Å². The highest BCUT2D eigenvalue weighted by molar-refractivity contribution is 5.90. The monoisotopic (exact) mass is 341 g/mol. The van der Waals surface area contributed by atoms with Gasteiger partial charge in [-0.25, -0.2) is 4.79 Å². The van der Waals surface area contributed by atoms with Crippen LogP contribution in [0.3, 0.4) is 0 Å². The Bertz CT molecular complexity index is 695. The number of carbonyl (C=O) groups excluding carboxylic acids is 1. The Morgan fingerprint density at radius 2 is 1.76 bits per heavy atom. The van der Waals surface area contributed by atoms with E-state index >= 15 is 0 Å². The third kappa shape index (κ3) is 4.22. The first-order chi connectivity index (χ1) is 12.2. The number of nitrogens with two attached hydrogens (primary N) is 1. The molecule has 2 N–H and O–H groups in total. The van der Waals surface area contributed by atoms with Crippen molar-refractivity contribution < 1.29 is 14.3 Å². The second kappa shape index (κ2) is 7.90. The molecule has 1 aliphatic heterocycles. The number of nitrogens with zero attached hydrogens (tertiary/aromatic N) is 2. The number of methoxy groups -OCH3 is 1. The topological polar surface area (TPSA) is 68.0 Å². The number of hydrogen-bond acceptors (Lipinski definition) is 4. The van der Waals surface area contributed by atoms with Crippen LogP contribution >= 0.6 is 0 Å². The summed E-state index contributed by atoms with van der Waals surface area (Å²) in [6, 6.07) is 15.0. The molecule has 2 aromatic carbocycles. The number of primary amides is 1. The number of carbonyl (C=O) groups is 1. The van der Waals surface area contributed by atoms with Crippen molar-refractivity contribution in [2.24, 2.45) is 5.73 Å². The van der Waals surface area contributed by atoms with Gasteiger partial charge in [-0.3, -0.25) is 4.90 Å². The average Bonchev–Trinajstić information content (AvgIpc) is 2.67. The van der Waals surface area contributed by atoms with Crippen molar-refractivity contribution in [1.29, 1.82) is 0 Å². The van der Waals surface area contributed by atoms with E-state index in [0.717, 1.165) is 49.0 Å². The van der Waals surface area contributed by atoms with Crippen LogP contribution in [0.15, 0.2) is 48.5 Å². The zero-order valence-electron chi connectivity index (χ0n) is 14.4. The summed E-state index contributed by atoms with van der Waals surface area (Å²) in [6.07, 6.45) is 0. The summed E-state index contributed by atoms with van der Waals surface area (Å²) in [4.78, 5) is 15.7. The van der Waals surface area contributed by atoms with Crippen LogP contribution in [0.5, 0.6) is 5.75 Å². The maximum atomic E-state index is 11.9. The Labute approximate surface area is 147 Å². The minimum atomic E-state index is -0.477. The summed E-state index contributed by atoms with van der Waals surface area (Å²) in [6.45, 7) is 3.66. The molecule has 1 aliphatic rings. The minimum absolute atomic E-state index is 0.413. The van der Waals surface area contributed by atoms with Gasteiger partial charge in [0.05, 0.1) is 26.9 Å². The molecule has 0 atom stereocenters. The van der Waals surface area contributed by atoms with Crippen LogP contribution in [0, 0.1) is 0 Å². The summed E-state index contributed by atoms with van der Waals surface area (Å²) in [7, 11) is 1.63. The van der Waals surface area contributed by atoms with Crippen molar-refractivity contribution in [3.05, 3.63) is 54.1 Å². The van der Waals surface area contributed by atoms with Crippen molar-refractivity contribution in [1.82, 2.24) is 0 Å². The van der Waals surface area contributed by atoms with Crippen molar-refractivity contribution in [3.63, 3.8) is 0 Å². The molecule has 2 amide bonds. The van der Waals surface area contributed by atoms with E-state index in [-0.39, 0.29) is 0 Å². The third-order valence-electron chi connectivity index (χ3n) is 4.30. The molecular formula is C19H23N3O3. The lowest BCUT2D eigenvalue weighted by Gasteiger charge is -2.29. The van der Waals surface area contributed by atoms with Crippen LogP contribution in [0.4, 0.5) is 16.2 Å². The fourth-order valence-electron chi connectivity index (χ4n) is 2.87. The predicted molar refractivity (Wildman–Crippen MR) is 98.2 cm³/mol. The SMILES string of the molecule is COc1ccc(CN(C(N)=O)c2ccc(N3CCOCC3)cc2)cc1. The molecule has 1 heterocycles. The third-order valence-corrected chi connectivity index (χ3v) is 4.30. The Hall–Kier alpha value is -2.73. The molecule has 0 radical (unpaired) electrons. The molecule has 0 aliphatic carbocycles. The average molecular weight is 341 g/mol. The minimum Gasteiger partial charge on any atom is -0.497 e. The van der Waals surface area contributed by atoms with E-state index in [9.17, 15) is 4.79 Å². The highest BCUT2D eigenvalue weighted by Gasteiger charge is 2.15. The molecule has 2 aromatic rings. The van der Waals surface area contributed by atoms with Crippen LogP contribution in [-0.4, -0.2) is 39.4 Å². The zero-order valence-corrected chi connectivity index (χ0v) is 14.4. The van der Waals surface area contributed by atoms with Gasteiger partial charge < -0.3 is 20.1 Å². The number of urea groups is 1. The number of anilines is 2. The van der Waals surface area contributed by atoms with E-state index in [1.807, 2.05) is 48.5 Å². The Kier molecular flexibility index (Phi) is 5.40. The molecule has 0 spiro atoms. The largest absolute Gasteiger partial charge is 0.497 e. The number of amides is 2. The molecule has 6 heteroatoms. The number of hydrogen-bond donors (Lipinski definition) is 1. The zero-order chi connectivity index (χ0) is 17.6. The summed E-state index contributed by atoms with van der Waals surface area (Å²) in [5.74, 6) is 0.782. The van der Waals surface area contributed by atoms with Gasteiger partial charge in [0.1, 0.15) is 5.75 Å². The van der Waals surface area contributed by atoms with Crippen molar-refractivity contribution in [2.45, 2.75) is 6.54 Å². The van der Waals surface area contributed by atoms with Crippen LogP contribution < -0.4 is 20.3 Å². The molecule has 0 unspecified atom stereocenters. The molecule has 1 fully saturated rings. The van der Waals surface area contributed by atoms with Gasteiger partial charge in [-0.2, -0.15) is 0 Å². The normalized spacial score (nSPS) is 14.2. The van der Waals surface area contributed by atoms with E-state index in [1.54, 1.807) is 12.0 Å². The maximum absolute atomic E-state index is 11.9. The molecule has 25 heavy (non-hydrogen) atoms. The lowest BCUT2D eigenvalue weighted by atomic mass is 10.2. The summed E-state index contributed by atoms with van der Waals surface area (Å²) in [5, 5.41) is 0. The fraction of sp³-hybridized carbons (Fsp3) is 0.316. The van der Waals surface area contributed by atoms with Gasteiger partial charge in [-0.1, -0.05) is 12.1 Å². The van der Waals surface area contributed by atoms with E-state index in [2.05, 4.69) is 4.90 Å². The van der Waals surface area contributed by atoms with E-state index in [1.165, 1.54) is 0 Å². The quantitative estimate of drug-likeness (QED) is 0.908. The van der Waals surface area contributed by atoms with Gasteiger partial charge in [0, 0.05) is 24.5 Å². The van der Waals surface area contributed by atoms with Crippen LogP contribution in [0.25, 0.3) is 0 Å². The molecule has 0 aromatic heterocycles. The molecule has 132 valence electrons. The van der Waals surface area contributed by atoms with E-state index in [4.69, 9.17) is 15.2 Å². The fourth-order valence-corrected chi connectivity index (χ4v) is 2.87. The number of rotatable bonds is 5. The molecular weight excluding hydrogens is 318 g/mol. The Morgan fingerprint density at radius 3 is 2.32 bits per heavy atom. The second-order valence-electron chi connectivity index (χ2n) is 5.89. The van der Waals surface area contributed by atoms with Gasteiger partial charge in [-0.15, -0.1) is 0 Å². The number of ether oxygens (including phenoxy) is 2. The van der Waals surface area contributed by atoms with Gasteiger partial charge in [0.25, 0.3) is 0 Å². The Balaban J connectivity index is 1.74. The number of benzene rings is 2. The van der Waals surface area contributed by atoms with Gasteiger partial charge in [-0.05, 0) is 42.0 Å². The smallest absolute Gasteiger partial charge is 0.319 e. The second-order valence-corrected chi connectivity index (χ2v) is 5.89. The predicted octanol–water partition coefficient (Wildman–Crippen LogP) is 2.62. The van der Waals surface area contributed by atoms with Crippen molar-refractivity contribution >= 4 is 17.4 Å². The number of morpholine rings is 1. The van der Waals surface area contributed by atoms with E-state index < -0.39 is 6.03 Å². The summed E-state index contributed by atoms with van der Waals surface area (Å²) >= 11 is 0. The molecule has 0 saturated carbocycles. The molecule has 6 nitrogen and oxygen atoms in total.